The van der Waals surface area contributed by atoms with Gasteiger partial charge in [-0.2, -0.15) is 5.10 Å². The molecule has 0 aliphatic rings. The fourth-order valence-corrected chi connectivity index (χ4v) is 2.03. The average Bonchev–Trinajstić information content (AvgIpc) is 2.91. The number of nitrogens with one attached hydrogen (secondary N) is 2. The predicted molar refractivity (Wildman–Crippen MR) is 102 cm³/mol. The van der Waals surface area contributed by atoms with E-state index in [0.29, 0.717) is 6.54 Å². The van der Waals surface area contributed by atoms with E-state index in [1.54, 1.807) is 6.20 Å². The first kappa shape index (κ1) is 18.5. The van der Waals surface area contributed by atoms with Crippen molar-refractivity contribution in [1.82, 2.24) is 20.4 Å². The van der Waals surface area contributed by atoms with Crippen molar-refractivity contribution in [2.24, 2.45) is 12.0 Å². The molecular weight excluding hydrogens is 389 g/mol. The lowest BCUT2D eigenvalue weighted by molar-refractivity contribution is 0.707. The third-order valence-electron chi connectivity index (χ3n) is 3.21. The monoisotopic (exact) mass is 413 g/mol. The summed E-state index contributed by atoms with van der Waals surface area (Å²) in [6.07, 6.45) is 2.78. The van der Waals surface area contributed by atoms with E-state index in [1.165, 1.54) is 5.56 Å². The Morgan fingerprint density at radius 1 is 1.18 bits per heavy atom. The Morgan fingerprint density at radius 2 is 1.95 bits per heavy atom. The van der Waals surface area contributed by atoms with Gasteiger partial charge in [0.15, 0.2) is 5.96 Å². The van der Waals surface area contributed by atoms with Crippen LogP contribution in [0.4, 0.5) is 0 Å². The van der Waals surface area contributed by atoms with Crippen LogP contribution < -0.4 is 10.6 Å². The molecule has 120 valence electrons. The molecule has 0 bridgehead atoms. The smallest absolute Gasteiger partial charge is 0.191 e. The van der Waals surface area contributed by atoms with Gasteiger partial charge in [-0.25, -0.2) is 4.99 Å². The number of guanidine groups is 1. The molecule has 2 N–H and O–H groups in total. The maximum absolute atomic E-state index is 4.58. The van der Waals surface area contributed by atoms with Gasteiger partial charge in [0.05, 0.1) is 12.2 Å². The summed E-state index contributed by atoms with van der Waals surface area (Å²) in [4.78, 5) is 4.58. The number of aromatic nitrogens is 2. The molecule has 0 radical (unpaired) electrons. The van der Waals surface area contributed by atoms with Gasteiger partial charge in [-0.05, 0) is 25.0 Å². The Balaban J connectivity index is 0.00000242. The summed E-state index contributed by atoms with van der Waals surface area (Å²) in [5.41, 5.74) is 2.42. The second-order valence-corrected chi connectivity index (χ2v) is 4.80. The quantitative estimate of drug-likeness (QED) is 0.434. The van der Waals surface area contributed by atoms with Crippen molar-refractivity contribution in [1.29, 1.82) is 0 Å². The highest BCUT2D eigenvalue weighted by Crippen LogP contribution is 1.99. The third kappa shape index (κ3) is 6.05. The SMILES string of the molecule is CCNC(=NCc1ccnn1C)NCCc1ccccc1.I. The molecular formula is C16H24IN5. The number of halogens is 1. The Labute approximate surface area is 149 Å². The van der Waals surface area contributed by atoms with Gasteiger partial charge in [-0.15, -0.1) is 24.0 Å². The minimum Gasteiger partial charge on any atom is -0.357 e. The molecule has 1 aromatic heterocycles. The normalized spacial score (nSPS) is 10.9. The summed E-state index contributed by atoms with van der Waals surface area (Å²) in [7, 11) is 1.93. The molecule has 0 saturated carbocycles. The van der Waals surface area contributed by atoms with Crippen LogP contribution in [0.2, 0.25) is 0 Å². The van der Waals surface area contributed by atoms with E-state index in [1.807, 2.05) is 23.9 Å². The Hall–Kier alpha value is -1.57. The van der Waals surface area contributed by atoms with Crippen LogP contribution in [0.25, 0.3) is 0 Å². The minimum atomic E-state index is 0. The van der Waals surface area contributed by atoms with Crippen LogP contribution in [-0.4, -0.2) is 28.8 Å². The van der Waals surface area contributed by atoms with E-state index in [2.05, 4.69) is 51.9 Å². The van der Waals surface area contributed by atoms with Crippen LogP contribution in [0.5, 0.6) is 0 Å². The Bertz CT molecular complexity index is 565. The number of benzene rings is 1. The van der Waals surface area contributed by atoms with Crippen molar-refractivity contribution < 1.29 is 0 Å². The van der Waals surface area contributed by atoms with Crippen molar-refractivity contribution in [3.05, 3.63) is 53.9 Å². The second kappa shape index (κ2) is 10.2. The number of nitrogens with zero attached hydrogens (tertiary/aromatic N) is 3. The highest BCUT2D eigenvalue weighted by atomic mass is 127. The number of rotatable bonds is 6. The van der Waals surface area contributed by atoms with Gasteiger partial charge in [-0.3, -0.25) is 4.68 Å². The molecule has 0 aliphatic carbocycles. The van der Waals surface area contributed by atoms with Crippen LogP contribution in [-0.2, 0) is 20.0 Å². The zero-order chi connectivity index (χ0) is 14.9. The number of aryl methyl sites for hydroxylation is 1. The van der Waals surface area contributed by atoms with Crippen LogP contribution >= 0.6 is 24.0 Å². The molecule has 1 heterocycles. The fraction of sp³-hybridized carbons (Fsp3) is 0.375. The molecule has 0 unspecified atom stereocenters. The molecule has 0 fully saturated rings. The first-order valence-corrected chi connectivity index (χ1v) is 7.32. The number of hydrogen-bond acceptors (Lipinski definition) is 2. The van der Waals surface area contributed by atoms with E-state index in [-0.39, 0.29) is 24.0 Å². The molecule has 2 rings (SSSR count). The highest BCUT2D eigenvalue weighted by molar-refractivity contribution is 14.0. The third-order valence-corrected chi connectivity index (χ3v) is 3.21. The molecule has 0 atom stereocenters. The number of hydrogen-bond donors (Lipinski definition) is 2. The first-order chi connectivity index (χ1) is 10.3. The standard InChI is InChI=1S/C16H23N5.HI/c1-3-17-16(19-13-15-10-12-20-21(15)2)18-11-9-14-7-5-4-6-8-14;/h4-8,10,12H,3,9,11,13H2,1-2H3,(H2,17,18,19);1H. The van der Waals surface area contributed by atoms with Gasteiger partial charge in [0.2, 0.25) is 0 Å². The minimum absolute atomic E-state index is 0. The summed E-state index contributed by atoms with van der Waals surface area (Å²) >= 11 is 0. The van der Waals surface area contributed by atoms with E-state index in [0.717, 1.165) is 31.2 Å². The van der Waals surface area contributed by atoms with E-state index < -0.39 is 0 Å². The molecule has 1 aromatic carbocycles. The molecule has 0 spiro atoms. The van der Waals surface area contributed by atoms with Crippen molar-refractivity contribution in [3.63, 3.8) is 0 Å². The maximum atomic E-state index is 4.58. The van der Waals surface area contributed by atoms with Crippen LogP contribution in [0.1, 0.15) is 18.2 Å². The lowest BCUT2D eigenvalue weighted by atomic mass is 10.1. The van der Waals surface area contributed by atoms with Crippen molar-refractivity contribution in [3.8, 4) is 0 Å². The zero-order valence-electron chi connectivity index (χ0n) is 13.1. The average molecular weight is 413 g/mol. The van der Waals surface area contributed by atoms with E-state index in [4.69, 9.17) is 0 Å². The van der Waals surface area contributed by atoms with Gasteiger partial charge in [-0.1, -0.05) is 30.3 Å². The summed E-state index contributed by atoms with van der Waals surface area (Å²) in [6.45, 7) is 4.40. The van der Waals surface area contributed by atoms with Gasteiger partial charge < -0.3 is 10.6 Å². The predicted octanol–water partition coefficient (Wildman–Crippen LogP) is 2.34. The number of aliphatic imine (C=N–C) groups is 1. The Kier molecular flexibility index (Phi) is 8.57. The molecule has 22 heavy (non-hydrogen) atoms. The first-order valence-electron chi connectivity index (χ1n) is 7.32. The lowest BCUT2D eigenvalue weighted by Gasteiger charge is -2.11. The largest absolute Gasteiger partial charge is 0.357 e. The highest BCUT2D eigenvalue weighted by Gasteiger charge is 2.00. The molecule has 6 heteroatoms. The summed E-state index contributed by atoms with van der Waals surface area (Å²) in [5.74, 6) is 0.842. The zero-order valence-corrected chi connectivity index (χ0v) is 15.5. The van der Waals surface area contributed by atoms with Gasteiger partial charge in [0.1, 0.15) is 0 Å². The summed E-state index contributed by atoms with van der Waals surface area (Å²) < 4.78 is 1.84. The van der Waals surface area contributed by atoms with Crippen molar-refractivity contribution in [2.75, 3.05) is 13.1 Å². The summed E-state index contributed by atoms with van der Waals surface area (Å²) in [5, 5.41) is 10.8. The van der Waals surface area contributed by atoms with Crippen LogP contribution in [0, 0.1) is 0 Å². The molecule has 0 saturated heterocycles. The fourth-order valence-electron chi connectivity index (χ4n) is 2.03. The van der Waals surface area contributed by atoms with Crippen LogP contribution in [0.15, 0.2) is 47.6 Å². The Morgan fingerprint density at radius 3 is 2.59 bits per heavy atom. The van der Waals surface area contributed by atoms with Crippen molar-refractivity contribution in [2.45, 2.75) is 19.9 Å². The van der Waals surface area contributed by atoms with E-state index in [9.17, 15) is 0 Å². The van der Waals surface area contributed by atoms with Crippen LogP contribution in [0.3, 0.4) is 0 Å². The van der Waals surface area contributed by atoms with Gasteiger partial charge in [0, 0.05) is 26.3 Å². The van der Waals surface area contributed by atoms with E-state index >= 15 is 0 Å². The van der Waals surface area contributed by atoms with Gasteiger partial charge in [0.25, 0.3) is 0 Å². The molecule has 5 nitrogen and oxygen atoms in total. The molecule has 2 aromatic rings. The maximum Gasteiger partial charge on any atom is 0.191 e. The summed E-state index contributed by atoms with van der Waals surface area (Å²) in [6, 6.07) is 12.4. The topological polar surface area (TPSA) is 54.2 Å². The molecule has 0 aliphatic heterocycles. The van der Waals surface area contributed by atoms with Gasteiger partial charge >= 0.3 is 0 Å². The lowest BCUT2D eigenvalue weighted by Crippen LogP contribution is -2.38. The molecule has 0 amide bonds. The van der Waals surface area contributed by atoms with Crippen molar-refractivity contribution >= 4 is 29.9 Å². The second-order valence-electron chi connectivity index (χ2n) is 4.80.